The van der Waals surface area contributed by atoms with Crippen molar-refractivity contribution in [2.24, 2.45) is 23.7 Å². The summed E-state index contributed by atoms with van der Waals surface area (Å²) in [6, 6.07) is 26.3. The van der Waals surface area contributed by atoms with Gasteiger partial charge in [0.15, 0.2) is 30.9 Å². The van der Waals surface area contributed by atoms with Gasteiger partial charge in [-0.15, -0.1) is 12.3 Å². The predicted molar refractivity (Wildman–Crippen MR) is 467 cm³/mol. The van der Waals surface area contributed by atoms with Crippen LogP contribution >= 0.6 is 30.9 Å². The summed E-state index contributed by atoms with van der Waals surface area (Å²) in [5, 5.41) is 47.5. The molecular weight excluding hydrogens is 1620 g/mol. The number of benzene rings is 2. The molecule has 4 aliphatic rings. The van der Waals surface area contributed by atoms with Crippen molar-refractivity contribution in [3.05, 3.63) is 164 Å². The number of aliphatic hydroxyl groups is 5. The fraction of sp³-hybridized carbons (Fsp3) is 0.548. The summed E-state index contributed by atoms with van der Waals surface area (Å²) in [5.74, 6) is 23.2. The Morgan fingerprint density at radius 2 is 0.880 bits per heavy atom. The summed E-state index contributed by atoms with van der Waals surface area (Å²) in [5.41, 5.74) is 5.95. The zero-order chi connectivity index (χ0) is 86.4. The van der Waals surface area contributed by atoms with E-state index in [4.69, 9.17) is 44.8 Å². The van der Waals surface area contributed by atoms with Gasteiger partial charge in [-0.05, 0) is 130 Å². The Hall–Kier alpha value is -7.66. The first-order valence-corrected chi connectivity index (χ1v) is 43.9. The number of halogens is 1. The molecule has 0 amide bonds. The van der Waals surface area contributed by atoms with Crippen molar-refractivity contribution in [3.63, 3.8) is 0 Å². The van der Waals surface area contributed by atoms with Crippen LogP contribution in [0.1, 0.15) is 298 Å². The molecule has 0 aliphatic carbocycles. The molecule has 4 fully saturated rings. The van der Waals surface area contributed by atoms with E-state index in [1.54, 1.807) is 68.6 Å². The molecule has 22 nitrogen and oxygen atoms in total. The molecule has 2 aromatic carbocycles. The summed E-state index contributed by atoms with van der Waals surface area (Å²) in [4.78, 5) is 68.0. The molecule has 17 atom stereocenters. The average Bonchev–Trinajstić information content (AvgIpc) is 1.64. The molecule has 0 radical (unpaired) electrons. The Morgan fingerprint density at radius 3 is 1.21 bits per heavy atom. The standard InChI is InChI=1S/C25H41N2O3P.C18H25NO3.C17H23NO4.C13H14O2.C10H12INO4.C10H12O/c1-9-20(7)12-11-13-21-14-22(17-28)26(16-21)25-15-24(23(10-2)29-25)30-31(8)27(18(3)4)19(5)6;1-4-13(3)7-6-8-14-9-15(12-20)19(11-14)18-10-16(21)17(5-2)22-18;1-3-12(2)5-4-6-13-7-14(10-19)18(9-13)17-8-15(21)16(11-20)22-17;1-3-8-12(4-2)15-13(14)11-9-6-5-7-10-11;11-6-1-7(4-13)12(3-6)10-2-8(15)9(5-14)16-10;1-8(2)10(11)9-6-4-3-5-7-9/h14,16-20,23-25H,9-10,12,15H2,1-8H3;9,11-13,16-18,21H,4-5,7,10H2,1-3H3;7,9-10,12,15-17,20-21H,3,5,8,11H2,1-2H3;1,5-7,9-10,12H,4,8H2,2H3;1,3-4,8-10,14-15H,2,5H2;3-8H,1-2H3/t20-,23-,24?,25-,31?;13-,16?,17-,18-;12-,15?,16-,17-;;8?,9-,10-;/m111.1./s1. The minimum absolute atomic E-state index is 0.0213. The van der Waals surface area contributed by atoms with Gasteiger partial charge in [0.25, 0.3) is 0 Å². The number of ketones is 1. The van der Waals surface area contributed by atoms with Crippen molar-refractivity contribution in [2.45, 2.75) is 286 Å². The van der Waals surface area contributed by atoms with Gasteiger partial charge in [0.05, 0.1) is 78.2 Å². The van der Waals surface area contributed by atoms with Gasteiger partial charge >= 0.3 is 5.97 Å². The van der Waals surface area contributed by atoms with Crippen LogP contribution in [0.4, 0.5) is 0 Å². The molecule has 4 aromatic heterocycles. The highest BCUT2D eigenvalue weighted by Crippen LogP contribution is 2.47. The summed E-state index contributed by atoms with van der Waals surface area (Å²) >= 11 is 2.11. The van der Waals surface area contributed by atoms with Crippen LogP contribution in [0.15, 0.2) is 110 Å². The van der Waals surface area contributed by atoms with Crippen molar-refractivity contribution < 1.29 is 82.5 Å². The maximum atomic E-state index is 11.7. The van der Waals surface area contributed by atoms with Gasteiger partial charge in [-0.25, -0.2) is 4.79 Å². The van der Waals surface area contributed by atoms with Crippen molar-refractivity contribution in [2.75, 3.05) is 19.9 Å². The van der Waals surface area contributed by atoms with Crippen molar-refractivity contribution in [3.8, 4) is 47.9 Å². The lowest BCUT2D eigenvalue weighted by Gasteiger charge is -2.37. The van der Waals surface area contributed by atoms with Crippen LogP contribution in [0.3, 0.4) is 0 Å². The highest BCUT2D eigenvalue weighted by molar-refractivity contribution is 14.1. The zero-order valence-electron chi connectivity index (χ0n) is 71.3. The quantitative estimate of drug-likeness (QED) is 0.00728. The van der Waals surface area contributed by atoms with Gasteiger partial charge in [0.1, 0.15) is 51.5 Å². The smallest absolute Gasteiger partial charge is 0.338 e. The van der Waals surface area contributed by atoms with E-state index in [9.17, 15) is 44.1 Å². The van der Waals surface area contributed by atoms with Crippen molar-refractivity contribution in [1.29, 1.82) is 0 Å². The lowest BCUT2D eigenvalue weighted by molar-refractivity contribution is -0.0446. The highest BCUT2D eigenvalue weighted by atomic mass is 127. The fourth-order valence-corrected chi connectivity index (χ4v) is 15.9. The second-order valence-corrected chi connectivity index (χ2v) is 33.7. The Bertz CT molecular complexity index is 4130. The molecule has 4 saturated heterocycles. The number of carbonyl (C=O) groups is 6. The molecule has 117 heavy (non-hydrogen) atoms. The summed E-state index contributed by atoms with van der Waals surface area (Å²) < 4.78 is 45.5. The van der Waals surface area contributed by atoms with Crippen LogP contribution in [-0.2, 0) is 28.2 Å². The van der Waals surface area contributed by atoms with E-state index >= 15 is 0 Å². The first kappa shape index (κ1) is 99.9. The monoisotopic (exact) mass is 1740 g/mol. The van der Waals surface area contributed by atoms with Gasteiger partial charge in [-0.3, -0.25) is 28.6 Å². The Kier molecular flexibility index (Phi) is 44.7. The second-order valence-electron chi connectivity index (χ2n) is 30.8. The molecular formula is C93H127IN5O17P. The van der Waals surface area contributed by atoms with Crippen molar-refractivity contribution >= 4 is 67.8 Å². The van der Waals surface area contributed by atoms with Crippen molar-refractivity contribution in [1.82, 2.24) is 22.9 Å². The number of carbonyl (C=O) groups excluding carboxylic acids is 6. The molecule has 6 aromatic rings. The van der Waals surface area contributed by atoms with E-state index < -0.39 is 45.0 Å². The minimum Gasteiger partial charge on any atom is -0.458 e. The number of ether oxygens (including phenoxy) is 5. The van der Waals surface area contributed by atoms with E-state index in [0.29, 0.717) is 83.9 Å². The third-order valence-corrected chi connectivity index (χ3v) is 23.4. The van der Waals surface area contributed by atoms with E-state index in [0.717, 1.165) is 115 Å². The highest BCUT2D eigenvalue weighted by Gasteiger charge is 2.41. The van der Waals surface area contributed by atoms with Gasteiger partial charge < -0.3 is 72.0 Å². The predicted octanol–water partition coefficient (Wildman–Crippen LogP) is 16.8. The number of nitrogens with zero attached hydrogens (tertiary/aromatic N) is 5. The molecule has 638 valence electrons. The van der Waals surface area contributed by atoms with Gasteiger partial charge in [-0.2, -0.15) is 0 Å². The largest absolute Gasteiger partial charge is 0.458 e. The third kappa shape index (κ3) is 31.5. The summed E-state index contributed by atoms with van der Waals surface area (Å²) in [7, 11) is -0.724. The lowest BCUT2D eigenvalue weighted by Crippen LogP contribution is -2.34. The molecule has 4 aliphatic heterocycles. The molecule has 24 heteroatoms. The third-order valence-electron chi connectivity index (χ3n) is 20.6. The molecule has 10 rings (SSSR count). The van der Waals surface area contributed by atoms with E-state index in [-0.39, 0.29) is 74.0 Å². The maximum Gasteiger partial charge on any atom is 0.338 e. The average molecular weight is 1740 g/mol. The van der Waals surface area contributed by atoms with Gasteiger partial charge in [0, 0.05) is 120 Å². The number of rotatable bonds is 29. The number of aliphatic hydroxyl groups excluding tert-OH is 5. The lowest BCUT2D eigenvalue weighted by atomic mass is 10.0. The number of terminal acetylenes is 1. The molecule has 5 N–H and O–H groups in total. The first-order valence-electron chi connectivity index (χ1n) is 41.2. The topological polar surface area (TPSA) is 282 Å². The molecule has 0 spiro atoms. The second kappa shape index (κ2) is 52.4. The van der Waals surface area contributed by atoms with E-state index in [1.165, 1.54) is 0 Å². The first-order chi connectivity index (χ1) is 56.0. The molecule has 0 bridgehead atoms. The van der Waals surface area contributed by atoms with Crippen LogP contribution in [0.5, 0.6) is 0 Å². The van der Waals surface area contributed by atoms with Crippen LogP contribution in [0.2, 0.25) is 0 Å². The Morgan fingerprint density at radius 1 is 0.521 bits per heavy atom. The van der Waals surface area contributed by atoms with Crippen LogP contribution in [-0.4, -0.2) is 172 Å². The molecule has 8 heterocycles. The minimum atomic E-state index is -0.725. The summed E-state index contributed by atoms with van der Waals surface area (Å²) in [6.07, 6.45) is 21.8. The number of aldehydes is 4. The van der Waals surface area contributed by atoms with Crippen LogP contribution in [0, 0.1) is 75.1 Å². The fourth-order valence-electron chi connectivity index (χ4n) is 13.3. The maximum absolute atomic E-state index is 11.7. The van der Waals surface area contributed by atoms with E-state index in [2.05, 4.69) is 152 Å². The number of aromatic nitrogens is 4. The van der Waals surface area contributed by atoms with E-state index in [1.807, 2.05) is 87.1 Å². The number of Topliss-reactive ketones (excluding diaryl/α,β-unsaturated/α-hetero) is 1. The van der Waals surface area contributed by atoms with Crippen LogP contribution < -0.4 is 0 Å². The molecule has 0 saturated carbocycles. The number of hydrogen-bond donors (Lipinski definition) is 5. The number of esters is 1. The van der Waals surface area contributed by atoms with Gasteiger partial charge in [0.2, 0.25) is 0 Å². The number of hydrogen-bond acceptors (Lipinski definition) is 18. The normalized spacial score (nSPS) is 22.2. The SMILES string of the molecule is C#CCC(CC)OC(=O)c1ccccc1.CC(C)C(=O)c1ccccc1.CC[C@@H](C)CC#Cc1cc(C=O)n([C@H]2CC(O)[C@@H](CC)O2)c1.CC[C@@H](C)CC#Cc1cc(C=O)n([C@H]2CC(O)[C@@H](CO)O2)c1.CC[C@@H](C)CC#Cc1cc(C=O)n([C@H]2CC(OP(C)N(C(C)C)C(C)C)[C@@H](CC)O2)c1.O=Cc1cc(I)cn1[C@H]1CC(O)[C@@H](CO)O1. The molecule has 6 unspecified atom stereocenters. The van der Waals surface area contributed by atoms with Crippen LogP contribution in [0.25, 0.3) is 0 Å². The Balaban J connectivity index is 0.000000257. The van der Waals surface area contributed by atoms with Gasteiger partial charge in [-0.1, -0.05) is 179 Å². The zero-order valence-corrected chi connectivity index (χ0v) is 74.3. The Labute approximate surface area is 709 Å². The summed E-state index contributed by atoms with van der Waals surface area (Å²) in [6.45, 7) is 33.5.